The maximum Gasteiger partial charge on any atom is 0.291 e. The van der Waals surface area contributed by atoms with Gasteiger partial charge in [0, 0.05) is 12.6 Å². The Bertz CT molecular complexity index is 1160. The van der Waals surface area contributed by atoms with Gasteiger partial charge in [0.15, 0.2) is 15.6 Å². The fraction of sp³-hybridized carbons (Fsp3) is 0.100. The van der Waals surface area contributed by atoms with Gasteiger partial charge in [0.25, 0.3) is 5.91 Å². The number of sulfone groups is 1. The van der Waals surface area contributed by atoms with E-state index < -0.39 is 33.2 Å². The van der Waals surface area contributed by atoms with Crippen LogP contribution in [0.2, 0.25) is 0 Å². The Morgan fingerprint density at radius 1 is 1.00 bits per heavy atom. The number of hydrogen-bond acceptors (Lipinski definition) is 5. The van der Waals surface area contributed by atoms with Gasteiger partial charge in [-0.15, -0.1) is 0 Å². The van der Waals surface area contributed by atoms with E-state index in [1.54, 1.807) is 18.2 Å². The van der Waals surface area contributed by atoms with Crippen LogP contribution in [-0.2, 0) is 20.4 Å². The number of furan rings is 1. The Labute approximate surface area is 166 Å². The summed E-state index contributed by atoms with van der Waals surface area (Å²) >= 11 is 0. The zero-order valence-electron chi connectivity index (χ0n) is 15.3. The number of rotatable bonds is 6. The molecule has 1 heterocycles. The lowest BCUT2D eigenvalue weighted by atomic mass is 10.2. The monoisotopic (exact) mass is 416 g/mol. The number of benzene rings is 2. The summed E-state index contributed by atoms with van der Waals surface area (Å²) in [6, 6.07) is 14.3. The highest BCUT2D eigenvalue weighted by Crippen LogP contribution is 2.22. The molecule has 3 aromatic rings. The molecule has 0 saturated carbocycles. The summed E-state index contributed by atoms with van der Waals surface area (Å²) in [5.74, 6) is -2.14. The predicted octanol–water partition coefficient (Wildman–Crippen LogP) is 3.60. The first kappa shape index (κ1) is 20.3. The van der Waals surface area contributed by atoms with Crippen molar-refractivity contribution in [2.24, 2.45) is 0 Å². The lowest BCUT2D eigenvalue weighted by Crippen LogP contribution is -2.12. The molecule has 2 N–H and O–H groups in total. The molecule has 0 unspecified atom stereocenters. The molecule has 7 nitrogen and oxygen atoms in total. The summed E-state index contributed by atoms with van der Waals surface area (Å²) in [5, 5.41) is 4.82. The third-order valence-electron chi connectivity index (χ3n) is 3.85. The maximum atomic E-state index is 13.7. The number of halogens is 1. The van der Waals surface area contributed by atoms with Crippen LogP contribution >= 0.6 is 0 Å². The van der Waals surface area contributed by atoms with Crippen molar-refractivity contribution in [2.45, 2.75) is 17.6 Å². The Kier molecular flexibility index (Phi) is 5.79. The summed E-state index contributed by atoms with van der Waals surface area (Å²) in [4.78, 5) is 23.6. The molecule has 2 aromatic carbocycles. The van der Waals surface area contributed by atoms with Crippen LogP contribution in [0.15, 0.2) is 70.0 Å². The van der Waals surface area contributed by atoms with Crippen molar-refractivity contribution >= 4 is 33.0 Å². The fourth-order valence-corrected chi connectivity index (χ4v) is 3.83. The first-order valence-electron chi connectivity index (χ1n) is 8.49. The largest absolute Gasteiger partial charge is 0.455 e. The lowest BCUT2D eigenvalue weighted by Gasteiger charge is -2.08. The first-order valence-corrected chi connectivity index (χ1v) is 10.1. The first-order chi connectivity index (χ1) is 13.7. The van der Waals surface area contributed by atoms with Crippen molar-refractivity contribution in [3.63, 3.8) is 0 Å². The van der Waals surface area contributed by atoms with E-state index in [4.69, 9.17) is 4.42 Å². The molecule has 0 aliphatic carbocycles. The van der Waals surface area contributed by atoms with Gasteiger partial charge in [-0.2, -0.15) is 0 Å². The normalized spacial score (nSPS) is 11.1. The van der Waals surface area contributed by atoms with Gasteiger partial charge in [-0.25, -0.2) is 12.8 Å². The molecule has 0 atom stereocenters. The average molecular weight is 416 g/mol. The molecule has 0 spiro atoms. The molecule has 29 heavy (non-hydrogen) atoms. The Hall–Kier alpha value is -3.46. The van der Waals surface area contributed by atoms with E-state index in [2.05, 4.69) is 10.6 Å². The summed E-state index contributed by atoms with van der Waals surface area (Å²) in [5.41, 5.74) is 0.152. The second-order valence-electron chi connectivity index (χ2n) is 6.17. The Morgan fingerprint density at radius 2 is 1.72 bits per heavy atom. The van der Waals surface area contributed by atoms with Gasteiger partial charge in [0.2, 0.25) is 5.91 Å². The van der Waals surface area contributed by atoms with Crippen molar-refractivity contribution in [3.05, 3.63) is 78.0 Å². The lowest BCUT2D eigenvalue weighted by molar-refractivity contribution is -0.114. The zero-order chi connectivity index (χ0) is 21.0. The Balaban J connectivity index is 1.72. The van der Waals surface area contributed by atoms with Gasteiger partial charge < -0.3 is 15.1 Å². The summed E-state index contributed by atoms with van der Waals surface area (Å²) in [6.07, 6.45) is 0. The standard InChI is InChI=1S/C20H17FN2O5S/c1-13(24)22-18-11-14(7-9-17(18)21)23-20(25)19-10-8-15(28-19)12-29(26,27)16-5-3-2-4-6-16/h2-11H,12H2,1H3,(H,22,24)(H,23,25). The van der Waals surface area contributed by atoms with Crippen LogP contribution in [0.5, 0.6) is 0 Å². The fourth-order valence-electron chi connectivity index (χ4n) is 2.56. The van der Waals surface area contributed by atoms with Crippen LogP contribution in [0, 0.1) is 5.82 Å². The molecule has 0 fully saturated rings. The number of carbonyl (C=O) groups is 2. The van der Waals surface area contributed by atoms with Gasteiger partial charge in [-0.1, -0.05) is 18.2 Å². The van der Waals surface area contributed by atoms with Crippen molar-refractivity contribution in [1.82, 2.24) is 0 Å². The molecular formula is C20H17FN2O5S. The number of nitrogens with one attached hydrogen (secondary N) is 2. The minimum atomic E-state index is -3.61. The summed E-state index contributed by atoms with van der Waals surface area (Å²) in [6.45, 7) is 1.23. The number of hydrogen-bond donors (Lipinski definition) is 2. The van der Waals surface area contributed by atoms with Gasteiger partial charge in [-0.05, 0) is 42.5 Å². The SMILES string of the molecule is CC(=O)Nc1cc(NC(=O)c2ccc(CS(=O)(=O)c3ccccc3)o2)ccc1F. The van der Waals surface area contributed by atoms with Crippen molar-refractivity contribution < 1.29 is 26.8 Å². The van der Waals surface area contributed by atoms with E-state index in [9.17, 15) is 22.4 Å². The van der Waals surface area contributed by atoms with Crippen LogP contribution < -0.4 is 10.6 Å². The minimum Gasteiger partial charge on any atom is -0.455 e. The summed E-state index contributed by atoms with van der Waals surface area (Å²) in [7, 11) is -3.61. The van der Waals surface area contributed by atoms with Crippen LogP contribution in [-0.4, -0.2) is 20.2 Å². The van der Waals surface area contributed by atoms with E-state index in [0.29, 0.717) is 0 Å². The highest BCUT2D eigenvalue weighted by molar-refractivity contribution is 7.90. The molecule has 2 amide bonds. The second kappa shape index (κ2) is 8.27. The van der Waals surface area contributed by atoms with E-state index >= 15 is 0 Å². The number of carbonyl (C=O) groups excluding carboxylic acids is 2. The van der Waals surface area contributed by atoms with Crippen LogP contribution in [0.4, 0.5) is 15.8 Å². The van der Waals surface area contributed by atoms with Crippen molar-refractivity contribution in [1.29, 1.82) is 0 Å². The highest BCUT2D eigenvalue weighted by Gasteiger charge is 2.19. The van der Waals surface area contributed by atoms with Crippen LogP contribution in [0.1, 0.15) is 23.2 Å². The van der Waals surface area contributed by atoms with Crippen molar-refractivity contribution in [2.75, 3.05) is 10.6 Å². The minimum absolute atomic E-state index is 0.0793. The van der Waals surface area contributed by atoms with Crippen molar-refractivity contribution in [3.8, 4) is 0 Å². The molecule has 3 rings (SSSR count). The third kappa shape index (κ3) is 5.08. The maximum absolute atomic E-state index is 13.7. The summed E-state index contributed by atoms with van der Waals surface area (Å²) < 4.78 is 43.8. The molecule has 0 aliphatic heterocycles. The number of anilines is 2. The second-order valence-corrected chi connectivity index (χ2v) is 8.16. The topological polar surface area (TPSA) is 105 Å². The zero-order valence-corrected chi connectivity index (χ0v) is 16.1. The van der Waals surface area contributed by atoms with E-state index in [1.807, 2.05) is 0 Å². The van der Waals surface area contributed by atoms with E-state index in [1.165, 1.54) is 43.3 Å². The number of amides is 2. The van der Waals surface area contributed by atoms with Gasteiger partial charge in [0.1, 0.15) is 17.3 Å². The molecule has 150 valence electrons. The third-order valence-corrected chi connectivity index (χ3v) is 5.51. The van der Waals surface area contributed by atoms with Gasteiger partial charge >= 0.3 is 0 Å². The van der Waals surface area contributed by atoms with E-state index in [0.717, 1.165) is 6.07 Å². The highest BCUT2D eigenvalue weighted by atomic mass is 32.2. The smallest absolute Gasteiger partial charge is 0.291 e. The van der Waals surface area contributed by atoms with Gasteiger partial charge in [0.05, 0.1) is 10.6 Å². The molecule has 0 saturated heterocycles. The molecule has 0 radical (unpaired) electrons. The molecule has 0 bridgehead atoms. The predicted molar refractivity (Wildman–Crippen MR) is 105 cm³/mol. The molecular weight excluding hydrogens is 399 g/mol. The van der Waals surface area contributed by atoms with Gasteiger partial charge in [-0.3, -0.25) is 9.59 Å². The quantitative estimate of drug-likeness (QED) is 0.639. The molecule has 0 aliphatic rings. The van der Waals surface area contributed by atoms with E-state index in [-0.39, 0.29) is 27.8 Å². The average Bonchev–Trinajstić information content (AvgIpc) is 3.13. The van der Waals surface area contributed by atoms with Crippen LogP contribution in [0.3, 0.4) is 0 Å². The Morgan fingerprint density at radius 3 is 2.41 bits per heavy atom. The molecule has 9 heteroatoms. The molecule has 1 aromatic heterocycles. The van der Waals surface area contributed by atoms with Crippen LogP contribution in [0.25, 0.3) is 0 Å².